The number of hydrogen-bond acceptors (Lipinski definition) is 3. The van der Waals surface area contributed by atoms with Crippen molar-refractivity contribution in [3.63, 3.8) is 0 Å². The lowest BCUT2D eigenvalue weighted by Crippen LogP contribution is -2.27. The van der Waals surface area contributed by atoms with Gasteiger partial charge in [0.1, 0.15) is 6.54 Å². The zero-order valence-electron chi connectivity index (χ0n) is 8.77. The van der Waals surface area contributed by atoms with E-state index in [0.29, 0.717) is 6.54 Å². The van der Waals surface area contributed by atoms with Crippen molar-refractivity contribution in [3.05, 3.63) is 18.2 Å². The molecule has 0 aliphatic rings. The summed E-state index contributed by atoms with van der Waals surface area (Å²) < 4.78 is 1.77. The van der Waals surface area contributed by atoms with E-state index < -0.39 is 0 Å². The molecular formula is C9H16N4O. The molecule has 1 atom stereocenters. The fourth-order valence-corrected chi connectivity index (χ4v) is 1.13. The minimum atomic E-state index is -0.104. The zero-order valence-corrected chi connectivity index (χ0v) is 8.77. The normalized spacial score (nSPS) is 12.6. The second-order valence-corrected chi connectivity index (χ2v) is 3.52. The molecule has 5 nitrogen and oxygen atoms in total. The lowest BCUT2D eigenvalue weighted by molar-refractivity contribution is -0.129. The maximum Gasteiger partial charge on any atom is 0.242 e. The summed E-state index contributed by atoms with van der Waals surface area (Å²) in [4.78, 5) is 16.9. The largest absolute Gasteiger partial charge is 0.347 e. The van der Waals surface area contributed by atoms with Crippen molar-refractivity contribution in [1.82, 2.24) is 14.5 Å². The van der Waals surface area contributed by atoms with E-state index in [1.807, 2.05) is 6.92 Å². The highest BCUT2D eigenvalue weighted by Gasteiger charge is 2.10. The molecule has 0 saturated carbocycles. The van der Waals surface area contributed by atoms with Crippen LogP contribution in [0.25, 0.3) is 0 Å². The van der Waals surface area contributed by atoms with Crippen LogP contribution in [0, 0.1) is 0 Å². The Morgan fingerprint density at radius 3 is 2.86 bits per heavy atom. The molecule has 1 amide bonds. The van der Waals surface area contributed by atoms with Crippen LogP contribution in [-0.4, -0.2) is 34.5 Å². The van der Waals surface area contributed by atoms with Crippen molar-refractivity contribution in [2.45, 2.75) is 19.5 Å². The van der Waals surface area contributed by atoms with Crippen LogP contribution >= 0.6 is 0 Å². The first-order valence-corrected chi connectivity index (χ1v) is 4.48. The Labute approximate surface area is 83.5 Å². The highest BCUT2D eigenvalue weighted by atomic mass is 16.2. The molecule has 0 aliphatic carbocycles. The summed E-state index contributed by atoms with van der Waals surface area (Å²) in [6.07, 6.45) is 3.31. The third-order valence-corrected chi connectivity index (χ3v) is 2.02. The first-order valence-electron chi connectivity index (χ1n) is 4.48. The van der Waals surface area contributed by atoms with Crippen molar-refractivity contribution in [2.75, 3.05) is 14.1 Å². The molecule has 1 rings (SSSR count). The lowest BCUT2D eigenvalue weighted by atomic mass is 10.3. The fourth-order valence-electron chi connectivity index (χ4n) is 1.13. The Kier molecular flexibility index (Phi) is 3.24. The van der Waals surface area contributed by atoms with Crippen molar-refractivity contribution in [3.8, 4) is 0 Å². The van der Waals surface area contributed by atoms with Gasteiger partial charge in [0.2, 0.25) is 5.91 Å². The quantitative estimate of drug-likeness (QED) is 0.739. The van der Waals surface area contributed by atoms with Gasteiger partial charge in [-0.3, -0.25) is 4.79 Å². The van der Waals surface area contributed by atoms with E-state index in [-0.39, 0.29) is 11.9 Å². The number of likely N-dealkylation sites (N-methyl/N-ethyl adjacent to an activating group) is 1. The molecule has 0 bridgehead atoms. The third-order valence-electron chi connectivity index (χ3n) is 2.02. The summed E-state index contributed by atoms with van der Waals surface area (Å²) >= 11 is 0. The molecule has 0 fully saturated rings. The SMILES string of the molecule is CC(N)c1cncn1CC(=O)N(C)C. The number of amides is 1. The topological polar surface area (TPSA) is 64.1 Å². The van der Waals surface area contributed by atoms with Crippen molar-refractivity contribution >= 4 is 5.91 Å². The number of hydrogen-bond donors (Lipinski definition) is 1. The van der Waals surface area contributed by atoms with Crippen LogP contribution in [0.15, 0.2) is 12.5 Å². The molecule has 14 heavy (non-hydrogen) atoms. The first kappa shape index (κ1) is 10.7. The Hall–Kier alpha value is -1.36. The number of carbonyl (C=O) groups is 1. The van der Waals surface area contributed by atoms with E-state index in [1.54, 1.807) is 36.1 Å². The van der Waals surface area contributed by atoms with Crippen LogP contribution in [0.1, 0.15) is 18.7 Å². The smallest absolute Gasteiger partial charge is 0.242 e. The van der Waals surface area contributed by atoms with Crippen LogP contribution in [0.3, 0.4) is 0 Å². The Bertz CT molecular complexity index is 316. The Balaban J connectivity index is 2.76. The monoisotopic (exact) mass is 196 g/mol. The van der Waals surface area contributed by atoms with Crippen molar-refractivity contribution < 1.29 is 4.79 Å². The van der Waals surface area contributed by atoms with E-state index in [9.17, 15) is 4.79 Å². The average Bonchev–Trinajstić information content (AvgIpc) is 2.52. The van der Waals surface area contributed by atoms with Gasteiger partial charge in [0.15, 0.2) is 0 Å². The van der Waals surface area contributed by atoms with Gasteiger partial charge in [0.25, 0.3) is 0 Å². The van der Waals surface area contributed by atoms with E-state index in [4.69, 9.17) is 5.73 Å². The predicted octanol–water partition coefficient (Wildman–Crippen LogP) is -0.00900. The van der Waals surface area contributed by atoms with Gasteiger partial charge in [0.05, 0.1) is 12.0 Å². The molecule has 0 radical (unpaired) electrons. The van der Waals surface area contributed by atoms with Crippen LogP contribution in [0.4, 0.5) is 0 Å². The van der Waals surface area contributed by atoms with Gasteiger partial charge < -0.3 is 15.2 Å². The molecule has 0 spiro atoms. The van der Waals surface area contributed by atoms with Gasteiger partial charge in [-0.2, -0.15) is 0 Å². The second-order valence-electron chi connectivity index (χ2n) is 3.52. The van der Waals surface area contributed by atoms with Gasteiger partial charge in [-0.1, -0.05) is 0 Å². The van der Waals surface area contributed by atoms with E-state index >= 15 is 0 Å². The summed E-state index contributed by atoms with van der Waals surface area (Å²) in [7, 11) is 3.45. The summed E-state index contributed by atoms with van der Waals surface area (Å²) in [5.74, 6) is 0.0323. The van der Waals surface area contributed by atoms with E-state index in [2.05, 4.69) is 4.98 Å². The molecule has 1 heterocycles. The third kappa shape index (κ3) is 2.32. The highest BCUT2D eigenvalue weighted by Crippen LogP contribution is 2.08. The minimum Gasteiger partial charge on any atom is -0.347 e. The standard InChI is InChI=1S/C9H16N4O/c1-7(10)8-4-11-6-13(8)5-9(14)12(2)3/h4,6-7H,5,10H2,1-3H3. The second kappa shape index (κ2) is 4.23. The van der Waals surface area contributed by atoms with Crippen molar-refractivity contribution in [2.24, 2.45) is 5.73 Å². The predicted molar refractivity (Wildman–Crippen MR) is 53.5 cm³/mol. The number of carbonyl (C=O) groups excluding carboxylic acids is 1. The van der Waals surface area contributed by atoms with Crippen LogP contribution in [-0.2, 0) is 11.3 Å². The molecule has 5 heteroatoms. The van der Waals surface area contributed by atoms with Crippen molar-refractivity contribution in [1.29, 1.82) is 0 Å². The molecule has 2 N–H and O–H groups in total. The molecule has 1 unspecified atom stereocenters. The molecule has 0 saturated heterocycles. The zero-order chi connectivity index (χ0) is 10.7. The fraction of sp³-hybridized carbons (Fsp3) is 0.556. The summed E-state index contributed by atoms with van der Waals surface area (Å²) in [6, 6.07) is -0.104. The number of nitrogens with zero attached hydrogens (tertiary/aromatic N) is 3. The van der Waals surface area contributed by atoms with E-state index in [0.717, 1.165) is 5.69 Å². The molecule has 1 aromatic rings. The lowest BCUT2D eigenvalue weighted by Gasteiger charge is -2.13. The Morgan fingerprint density at radius 1 is 1.71 bits per heavy atom. The van der Waals surface area contributed by atoms with E-state index in [1.165, 1.54) is 0 Å². The highest BCUT2D eigenvalue weighted by molar-refractivity contribution is 5.75. The summed E-state index contributed by atoms with van der Waals surface area (Å²) in [5.41, 5.74) is 6.60. The average molecular weight is 196 g/mol. The van der Waals surface area contributed by atoms with Gasteiger partial charge >= 0.3 is 0 Å². The van der Waals surface area contributed by atoms with Gasteiger partial charge in [-0.25, -0.2) is 4.98 Å². The number of imidazole rings is 1. The number of rotatable bonds is 3. The first-order chi connectivity index (χ1) is 6.52. The molecule has 1 aromatic heterocycles. The Morgan fingerprint density at radius 2 is 2.36 bits per heavy atom. The molecule has 0 aliphatic heterocycles. The van der Waals surface area contributed by atoms with Gasteiger partial charge in [-0.05, 0) is 6.92 Å². The van der Waals surface area contributed by atoms with Crippen LogP contribution in [0.5, 0.6) is 0 Å². The molecule has 78 valence electrons. The summed E-state index contributed by atoms with van der Waals surface area (Å²) in [5, 5.41) is 0. The van der Waals surface area contributed by atoms with Crippen LogP contribution < -0.4 is 5.73 Å². The van der Waals surface area contributed by atoms with Gasteiger partial charge in [0, 0.05) is 26.3 Å². The minimum absolute atomic E-state index is 0.0323. The summed E-state index contributed by atoms with van der Waals surface area (Å²) in [6.45, 7) is 2.16. The maximum atomic E-state index is 11.4. The number of aromatic nitrogens is 2. The maximum absolute atomic E-state index is 11.4. The van der Waals surface area contributed by atoms with Gasteiger partial charge in [-0.15, -0.1) is 0 Å². The number of nitrogens with two attached hydrogens (primary N) is 1. The molecule has 0 aromatic carbocycles. The molecular weight excluding hydrogens is 180 g/mol. The van der Waals surface area contributed by atoms with Crippen LogP contribution in [0.2, 0.25) is 0 Å².